The van der Waals surface area contributed by atoms with Gasteiger partial charge in [-0.05, 0) is 38.8 Å². The van der Waals surface area contributed by atoms with E-state index in [0.717, 1.165) is 31.4 Å². The van der Waals surface area contributed by atoms with Crippen LogP contribution < -0.4 is 5.32 Å². The number of rotatable bonds is 4. The van der Waals surface area contributed by atoms with Crippen LogP contribution in [-0.2, 0) is 0 Å². The molecule has 2 rings (SSSR count). The van der Waals surface area contributed by atoms with Gasteiger partial charge < -0.3 is 15.3 Å². The molecule has 2 atom stereocenters. The summed E-state index contributed by atoms with van der Waals surface area (Å²) < 4.78 is 0. The van der Waals surface area contributed by atoms with Gasteiger partial charge in [-0.1, -0.05) is 25.0 Å². The predicted molar refractivity (Wildman–Crippen MR) is 85.6 cm³/mol. The van der Waals surface area contributed by atoms with Crippen molar-refractivity contribution in [3.8, 4) is 0 Å². The first-order chi connectivity index (χ1) is 10.0. The van der Waals surface area contributed by atoms with Gasteiger partial charge in [0, 0.05) is 18.8 Å². The van der Waals surface area contributed by atoms with Gasteiger partial charge in [0.25, 0.3) is 5.91 Å². The van der Waals surface area contributed by atoms with Crippen molar-refractivity contribution in [1.29, 1.82) is 0 Å². The van der Waals surface area contributed by atoms with Crippen LogP contribution in [0, 0.1) is 0 Å². The van der Waals surface area contributed by atoms with Gasteiger partial charge in [0.05, 0.1) is 17.7 Å². The Kier molecular flexibility index (Phi) is 5.23. The Bertz CT molecular complexity index is 487. The normalized spacial score (nSPS) is 22.1. The van der Waals surface area contributed by atoms with E-state index in [-0.39, 0.29) is 18.0 Å². The van der Waals surface area contributed by atoms with Crippen molar-refractivity contribution in [2.24, 2.45) is 0 Å². The van der Waals surface area contributed by atoms with Crippen LogP contribution in [0.4, 0.5) is 5.69 Å². The first kappa shape index (κ1) is 15.8. The van der Waals surface area contributed by atoms with E-state index in [0.29, 0.717) is 5.56 Å². The third kappa shape index (κ3) is 3.76. The maximum Gasteiger partial charge on any atom is 0.256 e. The van der Waals surface area contributed by atoms with E-state index in [9.17, 15) is 9.90 Å². The largest absolute Gasteiger partial charge is 0.391 e. The highest BCUT2D eigenvalue weighted by atomic mass is 16.3. The number of carbonyl (C=O) groups is 1. The number of aliphatic hydroxyl groups excluding tert-OH is 1. The molecule has 2 unspecified atom stereocenters. The van der Waals surface area contributed by atoms with E-state index in [1.807, 2.05) is 24.3 Å². The highest BCUT2D eigenvalue weighted by Gasteiger charge is 2.30. The molecule has 0 bridgehead atoms. The van der Waals surface area contributed by atoms with Crippen LogP contribution in [-0.4, -0.2) is 41.1 Å². The van der Waals surface area contributed by atoms with Crippen LogP contribution in [0.25, 0.3) is 0 Å². The molecule has 0 radical (unpaired) electrons. The zero-order chi connectivity index (χ0) is 15.4. The summed E-state index contributed by atoms with van der Waals surface area (Å²) in [5.74, 6) is -0.0234. The number of aliphatic hydroxyl groups is 1. The summed E-state index contributed by atoms with van der Waals surface area (Å²) in [5.41, 5.74) is 1.53. The molecule has 0 aliphatic heterocycles. The average Bonchev–Trinajstić information content (AvgIpc) is 2.46. The number of nitrogens with one attached hydrogen (secondary N) is 1. The van der Waals surface area contributed by atoms with Crippen LogP contribution >= 0.6 is 0 Å². The molecular formula is C17H26N2O2. The van der Waals surface area contributed by atoms with Gasteiger partial charge in [0.15, 0.2) is 0 Å². The second-order valence-electron chi connectivity index (χ2n) is 6.18. The number of carbonyl (C=O) groups excluding carboxylic acids is 1. The van der Waals surface area contributed by atoms with Gasteiger partial charge in [0.1, 0.15) is 0 Å². The van der Waals surface area contributed by atoms with Crippen LogP contribution in [0.3, 0.4) is 0 Å². The van der Waals surface area contributed by atoms with Crippen molar-refractivity contribution >= 4 is 11.6 Å². The van der Waals surface area contributed by atoms with Crippen molar-refractivity contribution in [3.05, 3.63) is 29.8 Å². The molecule has 0 aromatic heterocycles. The lowest BCUT2D eigenvalue weighted by atomic mass is 9.91. The third-order valence-corrected chi connectivity index (χ3v) is 4.11. The van der Waals surface area contributed by atoms with Gasteiger partial charge in [0.2, 0.25) is 0 Å². The smallest absolute Gasteiger partial charge is 0.256 e. The fourth-order valence-electron chi connectivity index (χ4n) is 2.99. The van der Waals surface area contributed by atoms with Crippen molar-refractivity contribution in [3.63, 3.8) is 0 Å². The third-order valence-electron chi connectivity index (χ3n) is 4.11. The Labute approximate surface area is 127 Å². The van der Waals surface area contributed by atoms with Crippen molar-refractivity contribution in [2.45, 2.75) is 57.7 Å². The maximum atomic E-state index is 12.8. The quantitative estimate of drug-likeness (QED) is 0.896. The molecule has 21 heavy (non-hydrogen) atoms. The van der Waals surface area contributed by atoms with Crippen molar-refractivity contribution in [2.75, 3.05) is 12.4 Å². The molecule has 1 aromatic carbocycles. The maximum absolute atomic E-state index is 12.8. The second-order valence-corrected chi connectivity index (χ2v) is 6.18. The first-order valence-electron chi connectivity index (χ1n) is 7.81. The van der Waals surface area contributed by atoms with Gasteiger partial charge in [-0.3, -0.25) is 4.79 Å². The van der Waals surface area contributed by atoms with E-state index in [1.165, 1.54) is 0 Å². The molecule has 1 fully saturated rings. The molecule has 0 saturated heterocycles. The monoisotopic (exact) mass is 290 g/mol. The lowest BCUT2D eigenvalue weighted by Gasteiger charge is -2.35. The van der Waals surface area contributed by atoms with E-state index in [4.69, 9.17) is 0 Å². The van der Waals surface area contributed by atoms with Gasteiger partial charge in [-0.25, -0.2) is 0 Å². The number of benzene rings is 1. The Morgan fingerprint density at radius 2 is 1.95 bits per heavy atom. The fraction of sp³-hybridized carbons (Fsp3) is 0.588. The Balaban J connectivity index is 2.19. The Morgan fingerprint density at radius 3 is 2.62 bits per heavy atom. The predicted octanol–water partition coefficient (Wildman–Crippen LogP) is 2.88. The summed E-state index contributed by atoms with van der Waals surface area (Å²) in [6.45, 7) is 4.10. The molecule has 1 aromatic rings. The molecule has 0 spiro atoms. The average molecular weight is 290 g/mol. The number of amides is 1. The number of anilines is 1. The van der Waals surface area contributed by atoms with Crippen molar-refractivity contribution in [1.82, 2.24) is 4.90 Å². The molecule has 116 valence electrons. The van der Waals surface area contributed by atoms with Crippen molar-refractivity contribution < 1.29 is 9.90 Å². The number of hydrogen-bond donors (Lipinski definition) is 2. The standard InChI is InChI=1S/C17H26N2O2/c1-12(2)18-14-9-5-4-8-13(14)17(21)19(3)15-10-6-7-11-16(15)20/h4-5,8-9,12,15-16,18,20H,6-7,10-11H2,1-3H3. The molecule has 1 aliphatic rings. The number of para-hydroxylation sites is 1. The minimum atomic E-state index is -0.405. The summed E-state index contributed by atoms with van der Waals surface area (Å²) in [6, 6.07) is 7.78. The zero-order valence-corrected chi connectivity index (χ0v) is 13.2. The number of nitrogens with zero attached hydrogens (tertiary/aromatic N) is 1. The molecular weight excluding hydrogens is 264 g/mol. The SMILES string of the molecule is CC(C)Nc1ccccc1C(=O)N(C)C1CCCCC1O. The first-order valence-corrected chi connectivity index (χ1v) is 7.81. The van der Waals surface area contributed by atoms with E-state index < -0.39 is 6.10 Å². The van der Waals surface area contributed by atoms with Gasteiger partial charge in [-0.2, -0.15) is 0 Å². The topological polar surface area (TPSA) is 52.6 Å². The van der Waals surface area contributed by atoms with Gasteiger partial charge >= 0.3 is 0 Å². The fourth-order valence-corrected chi connectivity index (χ4v) is 2.99. The Hall–Kier alpha value is -1.55. The minimum absolute atomic E-state index is 0.0234. The summed E-state index contributed by atoms with van der Waals surface area (Å²) in [6.07, 6.45) is 3.38. The number of likely N-dealkylation sites (N-methyl/N-ethyl adjacent to an activating group) is 1. The van der Waals surface area contributed by atoms with Crippen LogP contribution in [0.1, 0.15) is 49.9 Å². The second kappa shape index (κ2) is 6.94. The summed E-state index contributed by atoms with van der Waals surface area (Å²) in [5, 5.41) is 13.5. The summed E-state index contributed by atoms with van der Waals surface area (Å²) >= 11 is 0. The highest BCUT2D eigenvalue weighted by Crippen LogP contribution is 2.25. The highest BCUT2D eigenvalue weighted by molar-refractivity contribution is 5.99. The zero-order valence-electron chi connectivity index (χ0n) is 13.2. The lowest BCUT2D eigenvalue weighted by molar-refractivity contribution is 0.0268. The summed E-state index contributed by atoms with van der Waals surface area (Å²) in [7, 11) is 1.80. The molecule has 1 saturated carbocycles. The molecule has 0 heterocycles. The minimum Gasteiger partial charge on any atom is -0.391 e. The molecule has 4 heteroatoms. The van der Waals surface area contributed by atoms with E-state index in [2.05, 4.69) is 19.2 Å². The van der Waals surface area contributed by atoms with Crippen LogP contribution in [0.2, 0.25) is 0 Å². The molecule has 1 amide bonds. The molecule has 1 aliphatic carbocycles. The molecule has 4 nitrogen and oxygen atoms in total. The van der Waals surface area contributed by atoms with Crippen LogP contribution in [0.15, 0.2) is 24.3 Å². The summed E-state index contributed by atoms with van der Waals surface area (Å²) in [4.78, 5) is 14.5. The Morgan fingerprint density at radius 1 is 1.29 bits per heavy atom. The number of hydrogen-bond acceptors (Lipinski definition) is 3. The van der Waals surface area contributed by atoms with E-state index in [1.54, 1.807) is 11.9 Å². The van der Waals surface area contributed by atoms with Gasteiger partial charge in [-0.15, -0.1) is 0 Å². The van der Waals surface area contributed by atoms with E-state index >= 15 is 0 Å². The van der Waals surface area contributed by atoms with Crippen LogP contribution in [0.5, 0.6) is 0 Å². The molecule has 2 N–H and O–H groups in total. The lowest BCUT2D eigenvalue weighted by Crippen LogP contribution is -2.46.